The number of primary amides is 1. The molecule has 0 radical (unpaired) electrons. The second-order valence-corrected chi connectivity index (χ2v) is 7.21. The van der Waals surface area contributed by atoms with Gasteiger partial charge in [0.1, 0.15) is 5.54 Å². The molecular weight excluding hydrogens is 276 g/mol. The van der Waals surface area contributed by atoms with Crippen LogP contribution in [0.3, 0.4) is 0 Å². The van der Waals surface area contributed by atoms with Crippen molar-refractivity contribution in [3.63, 3.8) is 0 Å². The van der Waals surface area contributed by atoms with E-state index in [4.69, 9.17) is 5.73 Å². The molecule has 1 spiro atoms. The Labute approximate surface area is 130 Å². The highest BCUT2D eigenvalue weighted by Crippen LogP contribution is 2.61. The summed E-state index contributed by atoms with van der Waals surface area (Å²) in [6.07, 6.45) is 6.30. The lowest BCUT2D eigenvalue weighted by Gasteiger charge is -2.27. The molecule has 116 valence electrons. The fraction of sp³-hybridized carbons (Fsp3) is 0.556. The SMILES string of the molecule is NC(=O)C1(NC(=O)[C@@H]2C[C@@]23CCc2ccccc23)CCCC1. The number of rotatable bonds is 3. The molecule has 22 heavy (non-hydrogen) atoms. The number of aryl methyl sites for hydroxylation is 1. The lowest BCUT2D eigenvalue weighted by Crippen LogP contribution is -2.56. The van der Waals surface area contributed by atoms with Crippen LogP contribution in [0.5, 0.6) is 0 Å². The zero-order valence-electron chi connectivity index (χ0n) is 12.7. The van der Waals surface area contributed by atoms with Crippen molar-refractivity contribution in [1.29, 1.82) is 0 Å². The number of nitrogens with two attached hydrogens (primary N) is 1. The third-order valence-corrected chi connectivity index (χ3v) is 6.08. The summed E-state index contributed by atoms with van der Waals surface area (Å²) in [7, 11) is 0. The molecular formula is C18H22N2O2. The molecule has 4 rings (SSSR count). The fourth-order valence-electron chi connectivity index (χ4n) is 4.67. The Morgan fingerprint density at radius 2 is 1.86 bits per heavy atom. The van der Waals surface area contributed by atoms with Gasteiger partial charge in [-0.05, 0) is 43.2 Å². The van der Waals surface area contributed by atoms with Crippen molar-refractivity contribution in [3.8, 4) is 0 Å². The van der Waals surface area contributed by atoms with Gasteiger partial charge in [0.2, 0.25) is 11.8 Å². The van der Waals surface area contributed by atoms with Crippen LogP contribution in [-0.4, -0.2) is 17.4 Å². The lowest BCUT2D eigenvalue weighted by molar-refractivity contribution is -0.132. The molecule has 0 unspecified atom stereocenters. The van der Waals surface area contributed by atoms with Gasteiger partial charge in [0.05, 0.1) is 0 Å². The van der Waals surface area contributed by atoms with Crippen molar-refractivity contribution in [2.75, 3.05) is 0 Å². The molecule has 0 aliphatic heterocycles. The van der Waals surface area contributed by atoms with Gasteiger partial charge in [0.15, 0.2) is 0 Å². The Morgan fingerprint density at radius 1 is 1.14 bits per heavy atom. The zero-order valence-corrected chi connectivity index (χ0v) is 12.7. The highest BCUT2D eigenvalue weighted by molar-refractivity contribution is 5.93. The Bertz CT molecular complexity index is 648. The first-order valence-corrected chi connectivity index (χ1v) is 8.28. The van der Waals surface area contributed by atoms with Gasteiger partial charge in [-0.15, -0.1) is 0 Å². The molecule has 2 amide bonds. The molecule has 0 bridgehead atoms. The topological polar surface area (TPSA) is 72.2 Å². The molecule has 4 nitrogen and oxygen atoms in total. The van der Waals surface area contributed by atoms with Crippen LogP contribution in [-0.2, 0) is 21.4 Å². The summed E-state index contributed by atoms with van der Waals surface area (Å²) in [5, 5.41) is 3.02. The Hall–Kier alpha value is -1.84. The Morgan fingerprint density at radius 3 is 2.59 bits per heavy atom. The Kier molecular flexibility index (Phi) is 2.87. The molecule has 2 fully saturated rings. The fourth-order valence-corrected chi connectivity index (χ4v) is 4.67. The monoisotopic (exact) mass is 298 g/mol. The van der Waals surface area contributed by atoms with Crippen LogP contribution in [0.4, 0.5) is 0 Å². The van der Waals surface area contributed by atoms with Gasteiger partial charge in [0, 0.05) is 11.3 Å². The molecule has 2 saturated carbocycles. The standard InChI is InChI=1S/C18H22N2O2/c19-16(22)18(8-3-4-9-18)20-15(21)14-11-17(14)10-7-12-5-1-2-6-13(12)17/h1-2,5-6,14H,3-4,7-11H2,(H2,19,22)(H,20,21)/t14-,17+/m0/s1. The van der Waals surface area contributed by atoms with Crippen molar-refractivity contribution in [3.05, 3.63) is 35.4 Å². The summed E-state index contributed by atoms with van der Waals surface area (Å²) in [4.78, 5) is 24.5. The molecule has 4 heteroatoms. The molecule has 0 saturated heterocycles. The minimum Gasteiger partial charge on any atom is -0.368 e. The maximum absolute atomic E-state index is 12.7. The van der Waals surface area contributed by atoms with E-state index in [1.807, 2.05) is 0 Å². The molecule has 0 heterocycles. The van der Waals surface area contributed by atoms with Gasteiger partial charge in [-0.3, -0.25) is 9.59 Å². The van der Waals surface area contributed by atoms with Gasteiger partial charge in [-0.2, -0.15) is 0 Å². The first-order chi connectivity index (χ1) is 10.6. The minimum atomic E-state index is -0.793. The minimum absolute atomic E-state index is 0.00738. The number of hydrogen-bond acceptors (Lipinski definition) is 2. The third-order valence-electron chi connectivity index (χ3n) is 6.08. The number of benzene rings is 1. The van der Waals surface area contributed by atoms with Gasteiger partial charge >= 0.3 is 0 Å². The van der Waals surface area contributed by atoms with E-state index >= 15 is 0 Å². The predicted molar refractivity (Wildman–Crippen MR) is 83.1 cm³/mol. The number of nitrogens with one attached hydrogen (secondary N) is 1. The van der Waals surface area contributed by atoms with E-state index in [-0.39, 0.29) is 23.1 Å². The highest BCUT2D eigenvalue weighted by Gasteiger charge is 2.62. The average molecular weight is 298 g/mol. The molecule has 1 aromatic carbocycles. The summed E-state index contributed by atoms with van der Waals surface area (Å²) < 4.78 is 0. The summed E-state index contributed by atoms with van der Waals surface area (Å²) in [5.74, 6) is -0.342. The molecule has 3 aliphatic carbocycles. The largest absolute Gasteiger partial charge is 0.368 e. The van der Waals surface area contributed by atoms with E-state index in [0.717, 1.165) is 32.1 Å². The normalized spacial score (nSPS) is 31.0. The zero-order chi connectivity index (χ0) is 15.4. The van der Waals surface area contributed by atoms with Crippen LogP contribution in [0, 0.1) is 5.92 Å². The van der Waals surface area contributed by atoms with Crippen molar-refractivity contribution in [1.82, 2.24) is 5.32 Å². The van der Waals surface area contributed by atoms with E-state index in [1.54, 1.807) is 0 Å². The van der Waals surface area contributed by atoms with E-state index in [1.165, 1.54) is 11.1 Å². The first kappa shape index (κ1) is 13.8. The highest BCUT2D eigenvalue weighted by atomic mass is 16.2. The van der Waals surface area contributed by atoms with E-state index in [9.17, 15) is 9.59 Å². The van der Waals surface area contributed by atoms with Crippen molar-refractivity contribution in [2.24, 2.45) is 11.7 Å². The molecule has 3 N–H and O–H groups in total. The number of amides is 2. The van der Waals surface area contributed by atoms with Crippen LogP contribution in [0.25, 0.3) is 0 Å². The van der Waals surface area contributed by atoms with E-state index < -0.39 is 5.54 Å². The summed E-state index contributed by atoms with van der Waals surface area (Å²) in [6, 6.07) is 8.45. The number of carbonyl (C=O) groups excluding carboxylic acids is 2. The van der Waals surface area contributed by atoms with Crippen LogP contribution < -0.4 is 11.1 Å². The Balaban J connectivity index is 1.53. The van der Waals surface area contributed by atoms with Crippen LogP contribution in [0.2, 0.25) is 0 Å². The van der Waals surface area contributed by atoms with Gasteiger partial charge in [-0.25, -0.2) is 0 Å². The van der Waals surface area contributed by atoms with Crippen molar-refractivity contribution >= 4 is 11.8 Å². The summed E-state index contributed by atoms with van der Waals surface area (Å²) >= 11 is 0. The van der Waals surface area contributed by atoms with Crippen LogP contribution >= 0.6 is 0 Å². The summed E-state index contributed by atoms with van der Waals surface area (Å²) in [5.41, 5.74) is 7.52. The van der Waals surface area contributed by atoms with Crippen molar-refractivity contribution < 1.29 is 9.59 Å². The lowest BCUT2D eigenvalue weighted by atomic mass is 9.93. The molecule has 1 aromatic rings. The van der Waals surface area contributed by atoms with Crippen LogP contribution in [0.15, 0.2) is 24.3 Å². The predicted octanol–water partition coefficient (Wildman–Crippen LogP) is 1.80. The van der Waals surface area contributed by atoms with Gasteiger partial charge < -0.3 is 11.1 Å². The van der Waals surface area contributed by atoms with Gasteiger partial charge in [-0.1, -0.05) is 37.1 Å². The third kappa shape index (κ3) is 1.82. The first-order valence-electron chi connectivity index (χ1n) is 8.28. The maximum Gasteiger partial charge on any atom is 0.243 e. The summed E-state index contributed by atoms with van der Waals surface area (Å²) in [6.45, 7) is 0. The number of fused-ring (bicyclic) bond motifs is 2. The van der Waals surface area contributed by atoms with Crippen LogP contribution in [0.1, 0.15) is 49.7 Å². The molecule has 3 aliphatic rings. The second kappa shape index (κ2) is 4.58. The maximum atomic E-state index is 12.7. The quantitative estimate of drug-likeness (QED) is 0.893. The van der Waals surface area contributed by atoms with E-state index in [0.29, 0.717) is 12.8 Å². The molecule has 0 aromatic heterocycles. The van der Waals surface area contributed by atoms with Crippen molar-refractivity contribution in [2.45, 2.75) is 55.9 Å². The average Bonchev–Trinajstić information content (AvgIpc) is 2.86. The smallest absolute Gasteiger partial charge is 0.243 e. The second-order valence-electron chi connectivity index (χ2n) is 7.21. The molecule has 2 atom stereocenters. The van der Waals surface area contributed by atoms with E-state index in [2.05, 4.69) is 29.6 Å². The number of carbonyl (C=O) groups is 2. The van der Waals surface area contributed by atoms with Gasteiger partial charge in [0.25, 0.3) is 0 Å². The number of hydrogen-bond donors (Lipinski definition) is 2.